The fraction of sp³-hybridized carbons (Fsp3) is 0.444. The summed E-state index contributed by atoms with van der Waals surface area (Å²) >= 11 is 5.52. The molecule has 0 amide bonds. The zero-order valence-corrected chi connectivity index (χ0v) is 9.55. The van der Waals surface area contributed by atoms with Gasteiger partial charge in [-0.2, -0.15) is 13.2 Å². The second kappa shape index (κ2) is 3.98. The van der Waals surface area contributed by atoms with E-state index in [0.29, 0.717) is 0 Å². The van der Waals surface area contributed by atoms with Crippen molar-refractivity contribution in [3.05, 3.63) is 27.4 Å². The van der Waals surface area contributed by atoms with Crippen LogP contribution in [0, 0.1) is 10.1 Å². The van der Waals surface area contributed by atoms with Crippen molar-refractivity contribution >= 4 is 23.1 Å². The van der Waals surface area contributed by atoms with Crippen molar-refractivity contribution in [1.29, 1.82) is 0 Å². The van der Waals surface area contributed by atoms with Crippen LogP contribution < -0.4 is 5.32 Å². The molecule has 98 valence electrons. The van der Waals surface area contributed by atoms with Crippen LogP contribution in [0.2, 0.25) is 5.15 Å². The van der Waals surface area contributed by atoms with Crippen LogP contribution in [-0.4, -0.2) is 21.6 Å². The van der Waals surface area contributed by atoms with E-state index in [-0.39, 0.29) is 23.8 Å². The van der Waals surface area contributed by atoms with Crippen LogP contribution in [-0.2, 0) is 0 Å². The number of nitro groups is 1. The Balaban J connectivity index is 2.28. The van der Waals surface area contributed by atoms with Gasteiger partial charge < -0.3 is 5.32 Å². The minimum atomic E-state index is -4.42. The van der Waals surface area contributed by atoms with Crippen molar-refractivity contribution < 1.29 is 18.1 Å². The third-order valence-corrected chi connectivity index (χ3v) is 2.84. The molecule has 0 aliphatic heterocycles. The molecule has 1 aliphatic carbocycles. The molecule has 5 nitrogen and oxygen atoms in total. The molecule has 1 heterocycles. The second-order valence-corrected chi connectivity index (χ2v) is 4.38. The largest absolute Gasteiger partial charge is 0.411 e. The molecule has 0 spiro atoms. The fourth-order valence-corrected chi connectivity index (χ4v) is 1.71. The van der Waals surface area contributed by atoms with Gasteiger partial charge >= 0.3 is 6.18 Å². The number of alkyl halides is 3. The average molecular weight is 282 g/mol. The highest BCUT2D eigenvalue weighted by atomic mass is 35.5. The number of nitrogens with zero attached hydrogens (tertiary/aromatic N) is 2. The number of rotatable bonds is 3. The molecule has 0 unspecified atom stereocenters. The van der Waals surface area contributed by atoms with E-state index in [4.69, 9.17) is 11.6 Å². The Hall–Kier alpha value is -1.57. The lowest BCUT2D eigenvalue weighted by Gasteiger charge is -2.21. The van der Waals surface area contributed by atoms with E-state index in [1.54, 1.807) is 0 Å². The van der Waals surface area contributed by atoms with Crippen molar-refractivity contribution in [1.82, 2.24) is 4.98 Å². The molecule has 0 atom stereocenters. The first-order chi connectivity index (χ1) is 8.23. The molecular formula is C9H7ClF3N3O2. The van der Waals surface area contributed by atoms with Crippen molar-refractivity contribution in [2.24, 2.45) is 0 Å². The van der Waals surface area contributed by atoms with Crippen LogP contribution in [0.15, 0.2) is 12.1 Å². The van der Waals surface area contributed by atoms with Crippen molar-refractivity contribution in [3.63, 3.8) is 0 Å². The Morgan fingerprint density at radius 2 is 2.06 bits per heavy atom. The molecule has 18 heavy (non-hydrogen) atoms. The van der Waals surface area contributed by atoms with Gasteiger partial charge in [0, 0.05) is 0 Å². The van der Waals surface area contributed by atoms with E-state index in [1.165, 1.54) is 0 Å². The maximum absolute atomic E-state index is 12.7. The summed E-state index contributed by atoms with van der Waals surface area (Å²) in [5, 5.41) is 12.5. The molecule has 2 rings (SSSR count). The lowest BCUT2D eigenvalue weighted by atomic mass is 10.2. The first-order valence-corrected chi connectivity index (χ1v) is 5.28. The molecule has 1 saturated carbocycles. The van der Waals surface area contributed by atoms with E-state index in [9.17, 15) is 23.3 Å². The summed E-state index contributed by atoms with van der Waals surface area (Å²) in [4.78, 5) is 13.4. The number of anilines is 1. The fourth-order valence-electron chi connectivity index (χ4n) is 1.50. The maximum Gasteiger partial charge on any atom is 0.411 e. The second-order valence-electron chi connectivity index (χ2n) is 4.00. The Bertz CT molecular complexity index is 502. The Morgan fingerprint density at radius 1 is 1.44 bits per heavy atom. The molecule has 1 aromatic heterocycles. The van der Waals surface area contributed by atoms with Gasteiger partial charge in [0.25, 0.3) is 5.69 Å². The molecule has 1 aliphatic rings. The van der Waals surface area contributed by atoms with Gasteiger partial charge in [-0.05, 0) is 12.8 Å². The third kappa shape index (κ3) is 2.33. The normalized spacial score (nSPS) is 17.3. The summed E-state index contributed by atoms with van der Waals surface area (Å²) in [5.74, 6) is -0.246. The van der Waals surface area contributed by atoms with Gasteiger partial charge in [0.1, 0.15) is 16.5 Å². The molecule has 1 fully saturated rings. The van der Waals surface area contributed by atoms with Crippen LogP contribution in [0.25, 0.3) is 0 Å². The highest BCUT2D eigenvalue weighted by Crippen LogP contribution is 2.51. The molecule has 0 radical (unpaired) electrons. The number of hydrogen-bond donors (Lipinski definition) is 1. The SMILES string of the molecule is O=[N+]([O-])c1cc(Cl)nc(NC2(C(F)(F)F)CC2)c1. The van der Waals surface area contributed by atoms with E-state index < -0.39 is 22.3 Å². The summed E-state index contributed by atoms with van der Waals surface area (Å²) in [5.41, 5.74) is -2.44. The van der Waals surface area contributed by atoms with Crippen LogP contribution in [0.1, 0.15) is 12.8 Å². The first kappa shape index (κ1) is 12.9. The Morgan fingerprint density at radius 3 is 2.50 bits per heavy atom. The van der Waals surface area contributed by atoms with E-state index in [2.05, 4.69) is 10.3 Å². The lowest BCUT2D eigenvalue weighted by Crippen LogP contribution is -2.38. The highest BCUT2D eigenvalue weighted by Gasteiger charge is 2.63. The monoisotopic (exact) mass is 281 g/mol. The number of nitrogens with one attached hydrogen (secondary N) is 1. The zero-order valence-electron chi connectivity index (χ0n) is 8.79. The van der Waals surface area contributed by atoms with Crippen LogP contribution in [0.4, 0.5) is 24.7 Å². The molecule has 1 N–H and O–H groups in total. The van der Waals surface area contributed by atoms with Gasteiger partial charge in [-0.3, -0.25) is 10.1 Å². The standard InChI is InChI=1S/C9H7ClF3N3O2/c10-6-3-5(16(17)18)4-7(14-6)15-8(1-2-8)9(11,12)13/h3-4H,1-2H2,(H,14,15). The smallest absolute Gasteiger partial charge is 0.356 e. The quantitative estimate of drug-likeness (QED) is 0.525. The van der Waals surface area contributed by atoms with E-state index >= 15 is 0 Å². The van der Waals surface area contributed by atoms with Crippen LogP contribution in [0.5, 0.6) is 0 Å². The highest BCUT2D eigenvalue weighted by molar-refractivity contribution is 6.29. The molecular weight excluding hydrogens is 275 g/mol. The number of hydrogen-bond acceptors (Lipinski definition) is 4. The van der Waals surface area contributed by atoms with Gasteiger partial charge in [0.15, 0.2) is 0 Å². The van der Waals surface area contributed by atoms with Crippen molar-refractivity contribution in [3.8, 4) is 0 Å². The summed E-state index contributed by atoms with van der Waals surface area (Å²) in [6.45, 7) is 0. The summed E-state index contributed by atoms with van der Waals surface area (Å²) < 4.78 is 38.1. The van der Waals surface area contributed by atoms with E-state index in [1.807, 2.05) is 0 Å². The topological polar surface area (TPSA) is 68.1 Å². The number of pyridine rings is 1. The van der Waals surface area contributed by atoms with Crippen molar-refractivity contribution in [2.45, 2.75) is 24.6 Å². The minimum absolute atomic E-state index is 0.0848. The average Bonchev–Trinajstić information content (AvgIpc) is 2.96. The Kier molecular flexibility index (Phi) is 2.84. The first-order valence-electron chi connectivity index (χ1n) is 4.90. The van der Waals surface area contributed by atoms with Gasteiger partial charge in [0.05, 0.1) is 17.1 Å². The van der Waals surface area contributed by atoms with Crippen LogP contribution >= 0.6 is 11.6 Å². The van der Waals surface area contributed by atoms with Crippen LogP contribution in [0.3, 0.4) is 0 Å². The molecule has 9 heteroatoms. The lowest BCUT2D eigenvalue weighted by molar-refractivity contribution is -0.384. The van der Waals surface area contributed by atoms with Gasteiger partial charge in [0.2, 0.25) is 0 Å². The Labute approximate surface area is 104 Å². The molecule has 0 bridgehead atoms. The van der Waals surface area contributed by atoms with Gasteiger partial charge in [-0.25, -0.2) is 4.98 Å². The van der Waals surface area contributed by atoms with Gasteiger partial charge in [-0.15, -0.1) is 0 Å². The summed E-state index contributed by atoms with van der Waals surface area (Å²) in [7, 11) is 0. The third-order valence-electron chi connectivity index (χ3n) is 2.65. The molecule has 0 saturated heterocycles. The summed E-state index contributed by atoms with van der Waals surface area (Å²) in [6.07, 6.45) is -4.59. The minimum Gasteiger partial charge on any atom is -0.356 e. The predicted molar refractivity (Wildman–Crippen MR) is 57.5 cm³/mol. The maximum atomic E-state index is 12.7. The summed E-state index contributed by atoms with van der Waals surface area (Å²) in [6, 6.07) is 1.90. The predicted octanol–water partition coefficient (Wildman–Crippen LogP) is 3.15. The number of halogens is 4. The molecule has 1 aromatic rings. The van der Waals surface area contributed by atoms with Gasteiger partial charge in [-0.1, -0.05) is 11.6 Å². The molecule has 0 aromatic carbocycles. The zero-order chi connectivity index (χ0) is 13.6. The number of aromatic nitrogens is 1. The van der Waals surface area contributed by atoms with E-state index in [0.717, 1.165) is 12.1 Å². The van der Waals surface area contributed by atoms with Crippen molar-refractivity contribution in [2.75, 3.05) is 5.32 Å².